The number of phenolic OH excluding ortho intramolecular Hbond substituents is 2. The van der Waals surface area contributed by atoms with Gasteiger partial charge >= 0.3 is 0 Å². The van der Waals surface area contributed by atoms with E-state index >= 15 is 0 Å². The van der Waals surface area contributed by atoms with E-state index in [2.05, 4.69) is 25.7 Å². The van der Waals surface area contributed by atoms with Crippen LogP contribution >= 0.6 is 0 Å². The van der Waals surface area contributed by atoms with Crippen LogP contribution in [-0.4, -0.2) is 32.3 Å². The zero-order valence-electron chi connectivity index (χ0n) is 10.4. The van der Waals surface area contributed by atoms with Crippen LogP contribution in [0, 0.1) is 0 Å². The quantitative estimate of drug-likeness (QED) is 0.643. The average molecular weight is 237 g/mol. The molecule has 1 heterocycles. The molecule has 0 spiro atoms. The van der Waals surface area contributed by atoms with Crippen LogP contribution in [-0.2, 0) is 6.54 Å². The molecular weight excluding hydrogens is 218 g/mol. The fraction of sp³-hybridized carbons (Fsp3) is 0.538. The molecule has 4 nitrogen and oxygen atoms in total. The highest BCUT2D eigenvalue weighted by Crippen LogP contribution is 2.37. The van der Waals surface area contributed by atoms with Crippen LogP contribution in [0.2, 0.25) is 0 Å². The normalized spacial score (nSPS) is 21.3. The van der Waals surface area contributed by atoms with Crippen molar-refractivity contribution in [1.29, 1.82) is 0 Å². The monoisotopic (exact) mass is 237 g/mol. The average Bonchev–Trinajstić information content (AvgIpc) is 2.17. The Hall–Kier alpha value is -1.26. The molecule has 0 aromatic heterocycles. The molecule has 1 aliphatic rings. The third kappa shape index (κ3) is 2.23. The minimum Gasteiger partial charge on any atom is -0.508 e. The van der Waals surface area contributed by atoms with Crippen molar-refractivity contribution in [3.8, 4) is 11.5 Å². The Morgan fingerprint density at radius 2 is 1.88 bits per heavy atom. The van der Waals surface area contributed by atoms with Crippen molar-refractivity contribution in [1.82, 2.24) is 4.90 Å². The van der Waals surface area contributed by atoms with Crippen LogP contribution in [0.5, 0.6) is 11.5 Å². The summed E-state index contributed by atoms with van der Waals surface area (Å²) in [4.78, 5) is 2.11. The van der Waals surface area contributed by atoms with Crippen molar-refractivity contribution >= 4 is 0 Å². The number of aliphatic hydroxyl groups excluding tert-OH is 1. The summed E-state index contributed by atoms with van der Waals surface area (Å²) in [6, 6.07) is 2.84. The van der Waals surface area contributed by atoms with Gasteiger partial charge < -0.3 is 15.3 Å². The number of rotatable bonds is 0. The van der Waals surface area contributed by atoms with E-state index in [1.165, 1.54) is 12.1 Å². The Bertz CT molecular complexity index is 437. The molecule has 1 aromatic rings. The summed E-state index contributed by atoms with van der Waals surface area (Å²) in [5.41, 5.74) is 1.27. The van der Waals surface area contributed by atoms with Gasteiger partial charge in [-0.2, -0.15) is 0 Å². The summed E-state index contributed by atoms with van der Waals surface area (Å²) >= 11 is 0. The summed E-state index contributed by atoms with van der Waals surface area (Å²) < 4.78 is 0. The molecule has 94 valence electrons. The molecule has 0 amide bonds. The molecule has 0 saturated heterocycles. The van der Waals surface area contributed by atoms with Crippen LogP contribution in [0.3, 0.4) is 0 Å². The van der Waals surface area contributed by atoms with Crippen molar-refractivity contribution in [2.45, 2.75) is 39.0 Å². The third-order valence-corrected chi connectivity index (χ3v) is 3.30. The maximum absolute atomic E-state index is 10.1. The van der Waals surface area contributed by atoms with Gasteiger partial charge in [0.2, 0.25) is 0 Å². The Balaban J connectivity index is 2.43. The molecule has 0 aliphatic carbocycles. The molecule has 0 fully saturated rings. The predicted octanol–water partition coefficient (Wildman–Crippen LogP) is 1.75. The van der Waals surface area contributed by atoms with Gasteiger partial charge in [0.05, 0.1) is 6.10 Å². The van der Waals surface area contributed by atoms with Crippen molar-refractivity contribution < 1.29 is 15.3 Å². The summed E-state index contributed by atoms with van der Waals surface area (Å²) in [6.45, 7) is 7.31. The van der Waals surface area contributed by atoms with Gasteiger partial charge in [-0.1, -0.05) is 0 Å². The van der Waals surface area contributed by atoms with Gasteiger partial charge in [-0.15, -0.1) is 0 Å². The Morgan fingerprint density at radius 1 is 1.24 bits per heavy atom. The molecular formula is C13H19NO3. The fourth-order valence-corrected chi connectivity index (χ4v) is 2.21. The number of aromatic hydroxyl groups is 2. The van der Waals surface area contributed by atoms with E-state index in [0.717, 1.165) is 0 Å². The first kappa shape index (κ1) is 12.2. The number of aliphatic hydroxyl groups is 1. The number of nitrogens with zero attached hydrogens (tertiary/aromatic N) is 1. The molecule has 4 heteroatoms. The van der Waals surface area contributed by atoms with E-state index in [0.29, 0.717) is 24.2 Å². The van der Waals surface area contributed by atoms with Gasteiger partial charge in [0.15, 0.2) is 0 Å². The molecule has 1 atom stereocenters. The topological polar surface area (TPSA) is 63.9 Å². The number of fused-ring (bicyclic) bond motifs is 1. The molecule has 17 heavy (non-hydrogen) atoms. The van der Waals surface area contributed by atoms with E-state index in [-0.39, 0.29) is 17.0 Å². The van der Waals surface area contributed by atoms with Crippen molar-refractivity contribution in [2.75, 3.05) is 6.54 Å². The van der Waals surface area contributed by atoms with E-state index in [4.69, 9.17) is 0 Å². The molecule has 1 aliphatic heterocycles. The lowest BCUT2D eigenvalue weighted by Gasteiger charge is -2.41. The van der Waals surface area contributed by atoms with E-state index in [1.807, 2.05) is 0 Å². The minimum absolute atomic E-state index is 0.00971. The third-order valence-electron chi connectivity index (χ3n) is 3.30. The second kappa shape index (κ2) is 3.89. The lowest BCUT2D eigenvalue weighted by molar-refractivity contribution is 0.0363. The number of β-amino-alcohol motifs (C(OH)–C–C–N with tert-alkyl or cyclic N) is 1. The molecule has 0 bridgehead atoms. The predicted molar refractivity (Wildman–Crippen MR) is 64.9 cm³/mol. The number of hydrogen-bond acceptors (Lipinski definition) is 4. The van der Waals surface area contributed by atoms with Crippen LogP contribution in [0.4, 0.5) is 0 Å². The van der Waals surface area contributed by atoms with E-state index in [9.17, 15) is 15.3 Å². The minimum atomic E-state index is -0.670. The van der Waals surface area contributed by atoms with Gasteiger partial charge in [-0.3, -0.25) is 4.90 Å². The second-order valence-corrected chi connectivity index (χ2v) is 5.60. The first-order valence-electron chi connectivity index (χ1n) is 5.77. The molecule has 0 radical (unpaired) electrons. The molecule has 2 rings (SSSR count). The highest BCUT2D eigenvalue weighted by atomic mass is 16.3. The maximum Gasteiger partial charge on any atom is 0.124 e. The Labute approximate surface area is 101 Å². The van der Waals surface area contributed by atoms with Crippen LogP contribution < -0.4 is 0 Å². The number of benzene rings is 1. The molecule has 1 unspecified atom stereocenters. The zero-order chi connectivity index (χ0) is 12.8. The van der Waals surface area contributed by atoms with Crippen LogP contribution in [0.1, 0.15) is 38.0 Å². The van der Waals surface area contributed by atoms with Crippen molar-refractivity contribution in [3.05, 3.63) is 23.3 Å². The first-order chi connectivity index (χ1) is 7.79. The SMILES string of the molecule is CC(C)(C)N1Cc2c(O)cc(O)cc2C(O)C1. The lowest BCUT2D eigenvalue weighted by Crippen LogP contribution is -2.45. The molecule has 0 saturated carbocycles. The van der Waals surface area contributed by atoms with Gasteiger partial charge in [0, 0.05) is 30.3 Å². The maximum atomic E-state index is 10.1. The van der Waals surface area contributed by atoms with E-state index in [1.54, 1.807) is 0 Å². The van der Waals surface area contributed by atoms with Crippen molar-refractivity contribution in [3.63, 3.8) is 0 Å². The summed E-state index contributed by atoms with van der Waals surface area (Å²) in [6.07, 6.45) is -0.670. The largest absolute Gasteiger partial charge is 0.508 e. The summed E-state index contributed by atoms with van der Waals surface area (Å²) in [5, 5.41) is 29.3. The van der Waals surface area contributed by atoms with Gasteiger partial charge in [-0.05, 0) is 32.4 Å². The second-order valence-electron chi connectivity index (χ2n) is 5.60. The summed E-state index contributed by atoms with van der Waals surface area (Å²) in [7, 11) is 0. The highest BCUT2D eigenvalue weighted by molar-refractivity contribution is 5.47. The molecule has 3 N–H and O–H groups in total. The Morgan fingerprint density at radius 3 is 2.47 bits per heavy atom. The number of hydrogen-bond donors (Lipinski definition) is 3. The van der Waals surface area contributed by atoms with Gasteiger partial charge in [0.25, 0.3) is 0 Å². The lowest BCUT2D eigenvalue weighted by atomic mass is 9.92. The number of phenols is 2. The zero-order valence-corrected chi connectivity index (χ0v) is 10.4. The van der Waals surface area contributed by atoms with Crippen LogP contribution in [0.15, 0.2) is 12.1 Å². The first-order valence-corrected chi connectivity index (χ1v) is 5.77. The molecule has 1 aromatic carbocycles. The standard InChI is InChI=1S/C13H19NO3/c1-13(2,3)14-6-10-9(12(17)7-14)4-8(15)5-11(10)16/h4-5,12,15-17H,6-7H2,1-3H3. The van der Waals surface area contributed by atoms with Crippen molar-refractivity contribution in [2.24, 2.45) is 0 Å². The Kier molecular flexibility index (Phi) is 2.79. The smallest absolute Gasteiger partial charge is 0.124 e. The highest BCUT2D eigenvalue weighted by Gasteiger charge is 2.32. The van der Waals surface area contributed by atoms with Crippen LogP contribution in [0.25, 0.3) is 0 Å². The van der Waals surface area contributed by atoms with Gasteiger partial charge in [0.1, 0.15) is 11.5 Å². The van der Waals surface area contributed by atoms with E-state index < -0.39 is 6.10 Å². The van der Waals surface area contributed by atoms with Gasteiger partial charge in [-0.25, -0.2) is 0 Å². The fourth-order valence-electron chi connectivity index (χ4n) is 2.21. The summed E-state index contributed by atoms with van der Waals surface area (Å²) in [5.74, 6) is 0.0394.